The Balaban J connectivity index is 1.58. The Hall–Kier alpha value is -4.08. The van der Waals surface area contributed by atoms with Gasteiger partial charge in [0.2, 0.25) is 0 Å². The van der Waals surface area contributed by atoms with E-state index in [1.165, 1.54) is 19.3 Å². The average molecular weight is 548 g/mol. The Bertz CT molecular complexity index is 1380. The molecule has 3 unspecified atom stereocenters. The highest BCUT2D eigenvalue weighted by atomic mass is 16.3. The molecule has 0 radical (unpaired) electrons. The molecule has 0 bridgehead atoms. The molecule has 0 saturated carbocycles. The van der Waals surface area contributed by atoms with E-state index in [2.05, 4.69) is 5.32 Å². The summed E-state index contributed by atoms with van der Waals surface area (Å²) in [7, 11) is 0. The molecule has 0 spiro atoms. The molecular formula is C31H33NO8. The predicted octanol–water partition coefficient (Wildman–Crippen LogP) is 4.20. The number of ketones is 3. The molecule has 0 fully saturated rings. The molecule has 3 atom stereocenters. The summed E-state index contributed by atoms with van der Waals surface area (Å²) in [6.07, 6.45) is 2.39. The smallest absolute Gasteiger partial charge is 0.291 e. The van der Waals surface area contributed by atoms with Crippen LogP contribution in [-0.4, -0.2) is 51.8 Å². The molecule has 1 aliphatic rings. The minimum atomic E-state index is -0.805. The average Bonchev–Trinajstić information content (AvgIpc) is 3.45. The topological polar surface area (TPSA) is 154 Å². The molecule has 4 N–H and O–H groups in total. The number of Topliss-reactive ketones (excluding diaryl/α,β-unsaturated/α-hetero) is 3. The van der Waals surface area contributed by atoms with Crippen LogP contribution in [0.5, 0.6) is 5.75 Å². The van der Waals surface area contributed by atoms with Crippen molar-refractivity contribution < 1.29 is 38.9 Å². The van der Waals surface area contributed by atoms with Crippen molar-refractivity contribution in [3.05, 3.63) is 71.7 Å². The van der Waals surface area contributed by atoms with Gasteiger partial charge in [-0.25, -0.2) is 0 Å². The first-order valence-electron chi connectivity index (χ1n) is 13.3. The van der Waals surface area contributed by atoms with Crippen LogP contribution in [-0.2, 0) is 16.0 Å². The minimum absolute atomic E-state index is 0.0960. The predicted molar refractivity (Wildman–Crippen MR) is 147 cm³/mol. The molecule has 1 aromatic heterocycles. The highest BCUT2D eigenvalue weighted by Gasteiger charge is 2.35. The number of hydrogen-bond acceptors (Lipinski definition) is 8. The van der Waals surface area contributed by atoms with Crippen molar-refractivity contribution in [1.29, 1.82) is 0 Å². The van der Waals surface area contributed by atoms with Gasteiger partial charge in [-0.1, -0.05) is 18.2 Å². The van der Waals surface area contributed by atoms with Crippen molar-refractivity contribution in [2.45, 2.75) is 39.0 Å². The molecule has 0 aliphatic heterocycles. The van der Waals surface area contributed by atoms with Gasteiger partial charge in [0.25, 0.3) is 5.91 Å². The van der Waals surface area contributed by atoms with E-state index in [0.717, 1.165) is 11.1 Å². The summed E-state index contributed by atoms with van der Waals surface area (Å²) in [6, 6.07) is 13.5. The first-order valence-corrected chi connectivity index (χ1v) is 13.3. The van der Waals surface area contributed by atoms with Gasteiger partial charge in [-0.2, -0.15) is 0 Å². The van der Waals surface area contributed by atoms with Crippen molar-refractivity contribution in [2.75, 3.05) is 18.5 Å². The molecule has 1 amide bonds. The van der Waals surface area contributed by atoms with Crippen LogP contribution in [0.15, 0.2) is 59.2 Å². The van der Waals surface area contributed by atoms with Gasteiger partial charge in [0.15, 0.2) is 11.5 Å². The number of aliphatic hydroxyl groups excluding tert-OH is 2. The second-order valence-corrected chi connectivity index (χ2v) is 10.3. The number of rotatable bonds is 12. The summed E-state index contributed by atoms with van der Waals surface area (Å²) in [5.41, 5.74) is 3.07. The number of aromatic hydroxyl groups is 1. The number of phenolic OH excluding ortho intramolecular Hbond substituents is 1. The zero-order valence-corrected chi connectivity index (χ0v) is 22.3. The van der Waals surface area contributed by atoms with E-state index >= 15 is 0 Å². The quantitative estimate of drug-likeness (QED) is 0.246. The van der Waals surface area contributed by atoms with Gasteiger partial charge < -0.3 is 25.1 Å². The lowest BCUT2D eigenvalue weighted by molar-refractivity contribution is -0.131. The van der Waals surface area contributed by atoms with Crippen LogP contribution in [0.3, 0.4) is 0 Å². The Labute approximate surface area is 231 Å². The fourth-order valence-corrected chi connectivity index (χ4v) is 5.62. The maximum absolute atomic E-state index is 13.2. The van der Waals surface area contributed by atoms with Crippen molar-refractivity contribution in [3.8, 4) is 16.9 Å². The van der Waals surface area contributed by atoms with Crippen LogP contribution >= 0.6 is 0 Å². The standard InChI is InChI=1S/C31H33NO8/c1-18(35)13-27(37)25(17-34)21(10-11-33)14-19-15-24-23(8-9-26(36)30(24)28(38)16-19)20-4-6-22(7-5-20)32-31(39)29-3-2-12-40-29/h2-9,12,19,21,25,33-34,36H,10-11,13-17H2,1H3,(H,32,39). The normalized spacial score (nSPS) is 16.2. The molecule has 3 aromatic rings. The second kappa shape index (κ2) is 12.8. The molecular weight excluding hydrogens is 514 g/mol. The molecule has 1 aliphatic carbocycles. The van der Waals surface area contributed by atoms with Crippen molar-refractivity contribution in [1.82, 2.24) is 0 Å². The molecule has 9 heteroatoms. The second-order valence-electron chi connectivity index (χ2n) is 10.3. The summed E-state index contributed by atoms with van der Waals surface area (Å²) >= 11 is 0. The lowest BCUT2D eigenvalue weighted by atomic mass is 9.72. The van der Waals surface area contributed by atoms with E-state index in [4.69, 9.17) is 4.42 Å². The zero-order valence-electron chi connectivity index (χ0n) is 22.3. The summed E-state index contributed by atoms with van der Waals surface area (Å²) in [5, 5.41) is 32.9. The molecule has 1 heterocycles. The van der Waals surface area contributed by atoms with Crippen LogP contribution in [0, 0.1) is 17.8 Å². The van der Waals surface area contributed by atoms with E-state index in [-0.39, 0.29) is 72.1 Å². The summed E-state index contributed by atoms with van der Waals surface area (Å²) in [5.74, 6) is -2.57. The SMILES string of the molecule is CC(=O)CC(=O)C(CO)C(CCO)CC1CC(=O)c2c(O)ccc(-c3ccc(NC(=O)c4ccco4)cc3)c2C1. The van der Waals surface area contributed by atoms with Gasteiger partial charge in [-0.15, -0.1) is 0 Å². The van der Waals surface area contributed by atoms with E-state index < -0.39 is 18.4 Å². The number of benzene rings is 2. The van der Waals surface area contributed by atoms with E-state index in [1.807, 2.05) is 12.1 Å². The number of phenols is 1. The third-order valence-corrected chi connectivity index (χ3v) is 7.47. The molecule has 4 rings (SSSR count). The number of fused-ring (bicyclic) bond motifs is 1. The van der Waals surface area contributed by atoms with Gasteiger partial charge >= 0.3 is 0 Å². The van der Waals surface area contributed by atoms with Crippen LogP contribution in [0.1, 0.15) is 59.1 Å². The van der Waals surface area contributed by atoms with E-state index in [0.29, 0.717) is 24.1 Å². The van der Waals surface area contributed by atoms with Gasteiger partial charge in [0.1, 0.15) is 17.3 Å². The third-order valence-electron chi connectivity index (χ3n) is 7.47. The largest absolute Gasteiger partial charge is 0.507 e. The maximum Gasteiger partial charge on any atom is 0.291 e. The van der Waals surface area contributed by atoms with Crippen LogP contribution in [0.2, 0.25) is 0 Å². The first kappa shape index (κ1) is 28.9. The Morgan fingerprint density at radius 2 is 1.80 bits per heavy atom. The van der Waals surface area contributed by atoms with Crippen molar-refractivity contribution in [2.24, 2.45) is 17.8 Å². The highest BCUT2D eigenvalue weighted by Crippen LogP contribution is 2.41. The lowest BCUT2D eigenvalue weighted by Crippen LogP contribution is -2.32. The number of aliphatic hydroxyl groups is 2. The van der Waals surface area contributed by atoms with Gasteiger partial charge in [-0.05, 0) is 85.0 Å². The molecule has 0 saturated heterocycles. The van der Waals surface area contributed by atoms with Gasteiger partial charge in [-0.3, -0.25) is 19.2 Å². The fourth-order valence-electron chi connectivity index (χ4n) is 5.62. The number of furan rings is 1. The number of carbonyl (C=O) groups excluding carboxylic acids is 4. The number of carbonyl (C=O) groups is 4. The third kappa shape index (κ3) is 6.55. The fraction of sp³-hybridized carbons (Fsp3) is 0.355. The van der Waals surface area contributed by atoms with Gasteiger partial charge in [0, 0.05) is 24.6 Å². The van der Waals surface area contributed by atoms with Crippen LogP contribution in [0.25, 0.3) is 11.1 Å². The molecule has 9 nitrogen and oxygen atoms in total. The van der Waals surface area contributed by atoms with E-state index in [9.17, 15) is 34.5 Å². The van der Waals surface area contributed by atoms with Crippen LogP contribution < -0.4 is 5.32 Å². The first-order chi connectivity index (χ1) is 19.2. The van der Waals surface area contributed by atoms with Gasteiger partial charge in [0.05, 0.1) is 24.9 Å². The number of nitrogens with one attached hydrogen (secondary N) is 1. The zero-order chi connectivity index (χ0) is 28.8. The summed E-state index contributed by atoms with van der Waals surface area (Å²) in [6.45, 7) is 0.682. The number of amides is 1. The van der Waals surface area contributed by atoms with Crippen LogP contribution in [0.4, 0.5) is 5.69 Å². The van der Waals surface area contributed by atoms with Crippen molar-refractivity contribution in [3.63, 3.8) is 0 Å². The van der Waals surface area contributed by atoms with Crippen molar-refractivity contribution >= 4 is 28.9 Å². The number of anilines is 1. The lowest BCUT2D eigenvalue weighted by Gasteiger charge is -2.31. The molecule has 2 aromatic carbocycles. The molecule has 210 valence electrons. The summed E-state index contributed by atoms with van der Waals surface area (Å²) < 4.78 is 5.12. The Morgan fingerprint density at radius 3 is 2.42 bits per heavy atom. The maximum atomic E-state index is 13.2. The Morgan fingerprint density at radius 1 is 1.05 bits per heavy atom. The Kier molecular flexibility index (Phi) is 9.29. The number of hydrogen-bond donors (Lipinski definition) is 4. The minimum Gasteiger partial charge on any atom is -0.507 e. The summed E-state index contributed by atoms with van der Waals surface area (Å²) in [4.78, 5) is 49.7. The van der Waals surface area contributed by atoms with E-state index in [1.54, 1.807) is 30.3 Å². The monoisotopic (exact) mass is 547 g/mol. The molecule has 40 heavy (non-hydrogen) atoms. The highest BCUT2D eigenvalue weighted by molar-refractivity contribution is 6.04.